The second-order valence-corrected chi connectivity index (χ2v) is 4.91. The number of nitrogens with zero attached hydrogens (tertiary/aromatic N) is 1. The van der Waals surface area contributed by atoms with Crippen LogP contribution >= 0.6 is 0 Å². The molecule has 2 amide bonds. The van der Waals surface area contributed by atoms with Crippen molar-refractivity contribution in [3.63, 3.8) is 0 Å². The summed E-state index contributed by atoms with van der Waals surface area (Å²) in [6, 6.07) is 1.28. The molecule has 20 heavy (non-hydrogen) atoms. The van der Waals surface area contributed by atoms with Gasteiger partial charge in [0.1, 0.15) is 17.1 Å². The highest BCUT2D eigenvalue weighted by Crippen LogP contribution is 2.15. The number of furan rings is 1. The molecule has 2 heterocycles. The van der Waals surface area contributed by atoms with Crippen molar-refractivity contribution in [2.45, 2.75) is 26.8 Å². The Hall–Kier alpha value is -2.24. The maximum Gasteiger partial charge on any atom is 0.339 e. The van der Waals surface area contributed by atoms with E-state index >= 15 is 0 Å². The molecular formula is C14H18N2O4. The standard InChI is InChI=1S/C14H18N2O4/c1-9-4-3-5-16(8-9)14(19)15-7-11-6-12(13(17)18)10(2)20-11/h4,6H,3,5,7-8H2,1-2H3,(H,15,19)(H,17,18). The number of nitrogens with one attached hydrogen (secondary N) is 1. The quantitative estimate of drug-likeness (QED) is 0.830. The van der Waals surface area contributed by atoms with Gasteiger partial charge in [-0.1, -0.05) is 11.6 Å². The molecule has 1 aliphatic heterocycles. The van der Waals surface area contributed by atoms with Crippen molar-refractivity contribution in [3.8, 4) is 0 Å². The molecule has 0 fully saturated rings. The zero-order valence-electron chi connectivity index (χ0n) is 11.6. The zero-order chi connectivity index (χ0) is 14.7. The molecule has 0 spiro atoms. The minimum Gasteiger partial charge on any atom is -0.478 e. The summed E-state index contributed by atoms with van der Waals surface area (Å²) in [5.41, 5.74) is 1.31. The molecule has 1 aromatic rings. The molecule has 0 saturated carbocycles. The van der Waals surface area contributed by atoms with Gasteiger partial charge in [-0.05, 0) is 26.3 Å². The molecule has 2 rings (SSSR count). The molecule has 2 N–H and O–H groups in total. The lowest BCUT2D eigenvalue weighted by atomic mass is 10.1. The van der Waals surface area contributed by atoms with Gasteiger partial charge < -0.3 is 19.7 Å². The molecule has 0 bridgehead atoms. The van der Waals surface area contributed by atoms with Crippen LogP contribution in [0.2, 0.25) is 0 Å². The molecule has 6 nitrogen and oxygen atoms in total. The maximum atomic E-state index is 12.0. The van der Waals surface area contributed by atoms with Crippen LogP contribution in [-0.2, 0) is 6.54 Å². The van der Waals surface area contributed by atoms with Crippen LogP contribution < -0.4 is 5.32 Å². The number of carbonyl (C=O) groups is 2. The van der Waals surface area contributed by atoms with Crippen molar-refractivity contribution >= 4 is 12.0 Å². The summed E-state index contributed by atoms with van der Waals surface area (Å²) < 4.78 is 5.31. The van der Waals surface area contributed by atoms with Gasteiger partial charge in [0.15, 0.2) is 0 Å². The molecule has 6 heteroatoms. The number of aryl methyl sites for hydroxylation is 1. The predicted octanol–water partition coefficient (Wildman–Crippen LogP) is 2.15. The van der Waals surface area contributed by atoms with E-state index in [2.05, 4.69) is 11.4 Å². The molecular weight excluding hydrogens is 260 g/mol. The topological polar surface area (TPSA) is 82.8 Å². The molecule has 1 aliphatic rings. The Morgan fingerprint density at radius 1 is 1.45 bits per heavy atom. The van der Waals surface area contributed by atoms with E-state index in [0.29, 0.717) is 24.6 Å². The summed E-state index contributed by atoms with van der Waals surface area (Å²) in [4.78, 5) is 24.6. The third-order valence-corrected chi connectivity index (χ3v) is 3.23. The van der Waals surface area contributed by atoms with E-state index in [9.17, 15) is 9.59 Å². The molecule has 0 unspecified atom stereocenters. The van der Waals surface area contributed by atoms with Crippen LogP contribution in [0.15, 0.2) is 22.1 Å². The third-order valence-electron chi connectivity index (χ3n) is 3.23. The van der Waals surface area contributed by atoms with Crippen LogP contribution in [-0.4, -0.2) is 35.1 Å². The van der Waals surface area contributed by atoms with Crippen molar-refractivity contribution in [3.05, 3.63) is 34.8 Å². The van der Waals surface area contributed by atoms with Crippen molar-refractivity contribution in [2.24, 2.45) is 0 Å². The van der Waals surface area contributed by atoms with Crippen LogP contribution in [0.25, 0.3) is 0 Å². The van der Waals surface area contributed by atoms with E-state index in [-0.39, 0.29) is 18.1 Å². The second-order valence-electron chi connectivity index (χ2n) is 4.91. The first-order valence-electron chi connectivity index (χ1n) is 6.48. The zero-order valence-corrected chi connectivity index (χ0v) is 11.6. The summed E-state index contributed by atoms with van der Waals surface area (Å²) in [5, 5.41) is 11.7. The summed E-state index contributed by atoms with van der Waals surface area (Å²) in [5.74, 6) is -0.239. The summed E-state index contributed by atoms with van der Waals surface area (Å²) in [7, 11) is 0. The Balaban J connectivity index is 1.92. The first-order valence-corrected chi connectivity index (χ1v) is 6.48. The Morgan fingerprint density at radius 2 is 2.20 bits per heavy atom. The monoisotopic (exact) mass is 278 g/mol. The number of carboxylic acid groups (broad SMARTS) is 1. The molecule has 108 valence electrons. The molecule has 1 aromatic heterocycles. The predicted molar refractivity (Wildman–Crippen MR) is 72.6 cm³/mol. The van der Waals surface area contributed by atoms with Gasteiger partial charge in [-0.25, -0.2) is 9.59 Å². The van der Waals surface area contributed by atoms with E-state index in [4.69, 9.17) is 9.52 Å². The van der Waals surface area contributed by atoms with Gasteiger partial charge in [-0.2, -0.15) is 0 Å². The van der Waals surface area contributed by atoms with Gasteiger partial charge in [0, 0.05) is 13.1 Å². The van der Waals surface area contributed by atoms with Crippen molar-refractivity contribution in [2.75, 3.05) is 13.1 Å². The average Bonchev–Trinajstić information content (AvgIpc) is 2.77. The number of rotatable bonds is 3. The number of hydrogen-bond donors (Lipinski definition) is 2. The van der Waals surface area contributed by atoms with Crippen molar-refractivity contribution < 1.29 is 19.1 Å². The lowest BCUT2D eigenvalue weighted by Gasteiger charge is -2.26. The highest BCUT2D eigenvalue weighted by atomic mass is 16.4. The van der Waals surface area contributed by atoms with Crippen LogP contribution in [0.1, 0.15) is 35.2 Å². The van der Waals surface area contributed by atoms with Crippen molar-refractivity contribution in [1.82, 2.24) is 10.2 Å². The van der Waals surface area contributed by atoms with E-state index in [1.165, 1.54) is 11.6 Å². The number of carbonyl (C=O) groups excluding carboxylic acids is 1. The number of amides is 2. The molecule has 0 atom stereocenters. The fourth-order valence-electron chi connectivity index (χ4n) is 2.20. The van der Waals surface area contributed by atoms with Gasteiger partial charge in [0.2, 0.25) is 0 Å². The van der Waals surface area contributed by atoms with E-state index in [1.807, 2.05) is 6.92 Å². The van der Waals surface area contributed by atoms with E-state index < -0.39 is 5.97 Å². The minimum atomic E-state index is -1.03. The average molecular weight is 278 g/mol. The fraction of sp³-hybridized carbons (Fsp3) is 0.429. The normalized spacial score (nSPS) is 14.9. The number of aromatic carboxylic acids is 1. The smallest absolute Gasteiger partial charge is 0.339 e. The Labute approximate surface area is 117 Å². The molecule has 0 saturated heterocycles. The maximum absolute atomic E-state index is 12.0. The van der Waals surface area contributed by atoms with Gasteiger partial charge >= 0.3 is 12.0 Å². The highest BCUT2D eigenvalue weighted by Gasteiger charge is 2.18. The van der Waals surface area contributed by atoms with E-state index in [1.54, 1.807) is 11.8 Å². The molecule has 0 radical (unpaired) electrons. The summed E-state index contributed by atoms with van der Waals surface area (Å²) in [6.45, 7) is 5.10. The summed E-state index contributed by atoms with van der Waals surface area (Å²) >= 11 is 0. The van der Waals surface area contributed by atoms with Gasteiger partial charge in [-0.3, -0.25) is 0 Å². The van der Waals surface area contributed by atoms with E-state index in [0.717, 1.165) is 6.42 Å². The van der Waals surface area contributed by atoms with Gasteiger partial charge in [0.05, 0.1) is 6.54 Å². The largest absolute Gasteiger partial charge is 0.478 e. The molecule has 0 aliphatic carbocycles. The summed E-state index contributed by atoms with van der Waals surface area (Å²) in [6.07, 6.45) is 2.99. The minimum absolute atomic E-state index is 0.131. The van der Waals surface area contributed by atoms with Crippen LogP contribution in [0.5, 0.6) is 0 Å². The lowest BCUT2D eigenvalue weighted by molar-refractivity contribution is 0.0695. The van der Waals surface area contributed by atoms with Crippen LogP contribution in [0.4, 0.5) is 4.79 Å². The number of carboxylic acids is 1. The Morgan fingerprint density at radius 3 is 2.80 bits per heavy atom. The highest BCUT2D eigenvalue weighted by molar-refractivity contribution is 5.88. The number of hydrogen-bond acceptors (Lipinski definition) is 3. The van der Waals surface area contributed by atoms with Crippen molar-refractivity contribution in [1.29, 1.82) is 0 Å². The SMILES string of the molecule is CC1=CCCN(C(=O)NCc2cc(C(=O)O)c(C)o2)C1. The first-order chi connectivity index (χ1) is 9.47. The Kier molecular flexibility index (Phi) is 4.12. The van der Waals surface area contributed by atoms with Gasteiger partial charge in [0.25, 0.3) is 0 Å². The third kappa shape index (κ3) is 3.20. The Bertz CT molecular complexity index is 560. The van der Waals surface area contributed by atoms with Crippen LogP contribution in [0.3, 0.4) is 0 Å². The lowest BCUT2D eigenvalue weighted by Crippen LogP contribution is -2.42. The number of urea groups is 1. The van der Waals surface area contributed by atoms with Crippen LogP contribution in [0, 0.1) is 6.92 Å². The molecule has 0 aromatic carbocycles. The second kappa shape index (κ2) is 5.81. The van der Waals surface area contributed by atoms with Gasteiger partial charge in [-0.15, -0.1) is 0 Å². The first kappa shape index (κ1) is 14.2. The fourth-order valence-corrected chi connectivity index (χ4v) is 2.20.